The highest BCUT2D eigenvalue weighted by Gasteiger charge is 2.52. The van der Waals surface area contributed by atoms with E-state index in [1.807, 2.05) is 22.4 Å². The molecule has 31 heavy (non-hydrogen) atoms. The quantitative estimate of drug-likeness (QED) is 0.641. The fraction of sp³-hybridized carbons (Fsp3) is 0.636. The third-order valence-corrected chi connectivity index (χ3v) is 8.02. The lowest BCUT2D eigenvalue weighted by molar-refractivity contribution is -0.173. The zero-order valence-electron chi connectivity index (χ0n) is 17.9. The first-order valence-corrected chi connectivity index (χ1v) is 11.6. The third-order valence-electron chi connectivity index (χ3n) is 7.03. The van der Waals surface area contributed by atoms with E-state index >= 15 is 0 Å². The first-order valence-electron chi connectivity index (χ1n) is 10.7. The van der Waals surface area contributed by atoms with Crippen LogP contribution in [0.25, 0.3) is 0 Å². The molecule has 1 amide bonds. The van der Waals surface area contributed by atoms with Crippen molar-refractivity contribution in [2.75, 3.05) is 11.9 Å². The minimum atomic E-state index is -4.44. The van der Waals surface area contributed by atoms with Crippen molar-refractivity contribution in [3.63, 3.8) is 0 Å². The lowest BCUT2D eigenvalue weighted by atomic mass is 9.65. The number of fused-ring (bicyclic) bond motifs is 3. The Morgan fingerprint density at radius 1 is 1.29 bits per heavy atom. The number of amides is 1. The molecule has 2 aliphatic heterocycles. The molecule has 0 aromatic carbocycles. The van der Waals surface area contributed by atoms with E-state index in [0.717, 1.165) is 28.8 Å². The van der Waals surface area contributed by atoms with E-state index < -0.39 is 18.3 Å². The number of nitrogens with one attached hydrogen (secondary N) is 1. The van der Waals surface area contributed by atoms with Crippen LogP contribution in [0.1, 0.15) is 73.8 Å². The summed E-state index contributed by atoms with van der Waals surface area (Å²) in [5, 5.41) is 9.09. The summed E-state index contributed by atoms with van der Waals surface area (Å²) in [4.78, 5) is 16.3. The summed E-state index contributed by atoms with van der Waals surface area (Å²) in [5.74, 6) is -0.0317. The lowest BCUT2D eigenvalue weighted by Gasteiger charge is -2.39. The van der Waals surface area contributed by atoms with E-state index in [-0.39, 0.29) is 40.6 Å². The van der Waals surface area contributed by atoms with Gasteiger partial charge in [0.05, 0.1) is 12.2 Å². The third kappa shape index (κ3) is 3.54. The van der Waals surface area contributed by atoms with Crippen molar-refractivity contribution in [1.82, 2.24) is 14.7 Å². The summed E-state index contributed by atoms with van der Waals surface area (Å²) in [6.45, 7) is 7.32. The van der Waals surface area contributed by atoms with Gasteiger partial charge in [-0.2, -0.15) is 18.3 Å². The minimum Gasteiger partial charge on any atom is -0.362 e. The maximum atomic E-state index is 13.9. The van der Waals surface area contributed by atoms with Crippen molar-refractivity contribution in [3.05, 3.63) is 34.2 Å². The maximum absolute atomic E-state index is 13.9. The van der Waals surface area contributed by atoms with Crippen LogP contribution < -0.4 is 5.32 Å². The molecule has 5 nitrogen and oxygen atoms in total. The summed E-state index contributed by atoms with van der Waals surface area (Å²) in [6.07, 6.45) is -0.376. The van der Waals surface area contributed by atoms with Gasteiger partial charge < -0.3 is 10.2 Å². The number of alkyl halides is 3. The number of carbonyl (C=O) groups excluding carboxylic acids is 1. The number of rotatable bonds is 2. The number of aromatic nitrogens is 2. The monoisotopic (exact) mass is 452 g/mol. The van der Waals surface area contributed by atoms with Gasteiger partial charge in [0.15, 0.2) is 6.04 Å². The molecule has 2 bridgehead atoms. The largest absolute Gasteiger partial charge is 0.410 e. The molecule has 4 atom stereocenters. The topological polar surface area (TPSA) is 50.2 Å². The predicted molar refractivity (Wildman–Crippen MR) is 113 cm³/mol. The molecule has 2 aromatic heterocycles. The van der Waals surface area contributed by atoms with Crippen LogP contribution in [0, 0.1) is 10.8 Å². The molecule has 1 saturated carbocycles. The molecule has 168 valence electrons. The zero-order valence-corrected chi connectivity index (χ0v) is 18.7. The number of thiophene rings is 1. The smallest absolute Gasteiger partial charge is 0.362 e. The number of nitrogens with zero attached hydrogens (tertiary/aromatic N) is 3. The van der Waals surface area contributed by atoms with Crippen molar-refractivity contribution in [3.8, 4) is 0 Å². The Morgan fingerprint density at radius 2 is 2.06 bits per heavy atom. The van der Waals surface area contributed by atoms with Crippen LogP contribution in [0.3, 0.4) is 0 Å². The number of hydrogen-bond donors (Lipinski definition) is 1. The summed E-state index contributed by atoms with van der Waals surface area (Å²) in [6, 6.07) is 1.51. The maximum Gasteiger partial charge on any atom is 0.410 e. The van der Waals surface area contributed by atoms with Crippen LogP contribution >= 0.6 is 11.3 Å². The molecule has 2 fully saturated rings. The van der Waals surface area contributed by atoms with Crippen LogP contribution in [0.5, 0.6) is 0 Å². The van der Waals surface area contributed by atoms with Crippen molar-refractivity contribution < 1.29 is 18.0 Å². The number of hydrogen-bond acceptors (Lipinski definition) is 4. The molecular weight excluding hydrogens is 425 g/mol. The van der Waals surface area contributed by atoms with Gasteiger partial charge in [-0.3, -0.25) is 4.79 Å². The van der Waals surface area contributed by atoms with Crippen LogP contribution in [0.15, 0.2) is 23.7 Å². The molecule has 1 aliphatic carbocycles. The summed E-state index contributed by atoms with van der Waals surface area (Å²) < 4.78 is 42.6. The molecule has 0 radical (unpaired) electrons. The summed E-state index contributed by atoms with van der Waals surface area (Å²) >= 11 is 1.42. The number of likely N-dealkylation sites (tertiary alicyclic amines) is 1. The molecule has 1 N–H and O–H groups in total. The standard InChI is InChI=1S/C22H27F3N4OS/c1-20(2)8-13-9-21(3,11-20)12-28(13)19(30)14-10-26-29-17(22(23,24)25)7-15(27-18(14)29)16-5-4-6-31-16/h4-6,10,13,15,17,27H,7-9,11-12H2,1-3H3/t13-,15+,17+,21+/m0/s1. The van der Waals surface area contributed by atoms with Crippen molar-refractivity contribution in [2.24, 2.45) is 10.8 Å². The average Bonchev–Trinajstić information content (AvgIpc) is 3.36. The molecule has 5 rings (SSSR count). The van der Waals surface area contributed by atoms with Gasteiger partial charge in [-0.15, -0.1) is 11.3 Å². The highest BCUT2D eigenvalue weighted by molar-refractivity contribution is 7.10. The lowest BCUT2D eigenvalue weighted by Crippen LogP contribution is -2.39. The van der Waals surface area contributed by atoms with Crippen LogP contribution in [-0.2, 0) is 0 Å². The highest BCUT2D eigenvalue weighted by Crippen LogP contribution is 2.53. The number of halogens is 3. The normalized spacial score (nSPS) is 31.9. The Kier molecular flexibility index (Phi) is 4.53. The molecule has 0 unspecified atom stereocenters. The summed E-state index contributed by atoms with van der Waals surface area (Å²) in [7, 11) is 0. The van der Waals surface area contributed by atoms with E-state index in [4.69, 9.17) is 0 Å². The van der Waals surface area contributed by atoms with E-state index in [1.54, 1.807) is 0 Å². The zero-order chi connectivity index (χ0) is 22.2. The van der Waals surface area contributed by atoms with E-state index in [0.29, 0.717) is 6.54 Å². The summed E-state index contributed by atoms with van der Waals surface area (Å²) in [5.41, 5.74) is 0.440. The molecular formula is C22H27F3N4OS. The van der Waals surface area contributed by atoms with Gasteiger partial charge in [0.25, 0.3) is 5.91 Å². The fourth-order valence-corrected chi connectivity index (χ4v) is 7.04. The Hall–Kier alpha value is -2.03. The fourth-order valence-electron chi connectivity index (χ4n) is 6.25. The SMILES string of the molecule is CC1(C)C[C@H]2C[C@@](C)(CN2C(=O)c2cnn3c2N[C@@H](c2cccs2)C[C@@H]3C(F)(F)F)C1. The van der Waals surface area contributed by atoms with Crippen LogP contribution in [-0.4, -0.2) is 39.4 Å². The predicted octanol–water partition coefficient (Wildman–Crippen LogP) is 5.65. The second-order valence-electron chi connectivity index (χ2n) is 10.5. The molecule has 1 saturated heterocycles. The Morgan fingerprint density at radius 3 is 2.74 bits per heavy atom. The molecule has 0 spiro atoms. The number of anilines is 1. The van der Waals surface area contributed by atoms with Crippen LogP contribution in [0.4, 0.5) is 19.0 Å². The minimum absolute atomic E-state index is 0.0523. The first kappa shape index (κ1) is 20.8. The van der Waals surface area contributed by atoms with Gasteiger partial charge in [0, 0.05) is 23.9 Å². The van der Waals surface area contributed by atoms with Gasteiger partial charge in [-0.25, -0.2) is 4.68 Å². The Labute approximate surface area is 183 Å². The van der Waals surface area contributed by atoms with Crippen molar-refractivity contribution in [2.45, 2.75) is 70.8 Å². The second kappa shape index (κ2) is 6.73. The van der Waals surface area contributed by atoms with Crippen molar-refractivity contribution >= 4 is 23.1 Å². The van der Waals surface area contributed by atoms with Gasteiger partial charge in [-0.1, -0.05) is 26.8 Å². The number of carbonyl (C=O) groups is 1. The molecule has 9 heteroatoms. The second-order valence-corrected chi connectivity index (χ2v) is 11.5. The van der Waals surface area contributed by atoms with E-state index in [1.165, 1.54) is 17.5 Å². The molecule has 3 aliphatic rings. The van der Waals surface area contributed by atoms with E-state index in [2.05, 4.69) is 31.2 Å². The Balaban J connectivity index is 1.50. The average molecular weight is 453 g/mol. The first-order chi connectivity index (χ1) is 14.5. The van der Waals surface area contributed by atoms with Crippen molar-refractivity contribution in [1.29, 1.82) is 0 Å². The molecule has 4 heterocycles. The van der Waals surface area contributed by atoms with Gasteiger partial charge in [0.2, 0.25) is 0 Å². The van der Waals surface area contributed by atoms with Crippen LogP contribution in [0.2, 0.25) is 0 Å². The van der Waals surface area contributed by atoms with Gasteiger partial charge in [-0.05, 0) is 41.5 Å². The molecule has 2 aromatic rings. The van der Waals surface area contributed by atoms with E-state index in [9.17, 15) is 18.0 Å². The Bertz CT molecular complexity index is 999. The highest BCUT2D eigenvalue weighted by atomic mass is 32.1. The van der Waals surface area contributed by atoms with Gasteiger partial charge in [0.1, 0.15) is 11.4 Å². The van der Waals surface area contributed by atoms with Gasteiger partial charge >= 0.3 is 6.18 Å².